The average Bonchev–Trinajstić information content (AvgIpc) is 3.70. The maximum Gasteiger partial charge on any atom is 0.404 e. The van der Waals surface area contributed by atoms with Gasteiger partial charge < -0.3 is 25.8 Å². The summed E-state index contributed by atoms with van der Waals surface area (Å²) in [6.45, 7) is 1.62. The largest absolute Gasteiger partial charge is 0.465 e. The molecule has 0 unspecified atom stereocenters. The minimum atomic E-state index is -3.75. The number of carboxylic acid groups (broad SMARTS) is 1. The second kappa shape index (κ2) is 16.2. The highest BCUT2D eigenvalue weighted by Crippen LogP contribution is 2.31. The number of rotatable bonds is 12. The summed E-state index contributed by atoms with van der Waals surface area (Å²) in [6.07, 6.45) is 1.70. The van der Waals surface area contributed by atoms with Crippen LogP contribution in [0.3, 0.4) is 0 Å². The lowest BCUT2D eigenvalue weighted by molar-refractivity contribution is -0.130. The van der Waals surface area contributed by atoms with Gasteiger partial charge in [0.25, 0.3) is 0 Å². The molecule has 16 heteroatoms. The van der Waals surface area contributed by atoms with Crippen molar-refractivity contribution in [3.8, 4) is 22.5 Å². The van der Waals surface area contributed by atoms with E-state index in [2.05, 4.69) is 36.6 Å². The molecule has 2 fully saturated rings. The van der Waals surface area contributed by atoms with E-state index in [0.29, 0.717) is 73.6 Å². The van der Waals surface area contributed by atoms with E-state index in [9.17, 15) is 22.8 Å². The first-order valence-electron chi connectivity index (χ1n) is 16.9. The standard InChI is InChI=1S/C35H40N8O7S/c44-33(27-11-7-24(8-12-27)22-36-35(46)47)38-30(34(45)37-28-15-13-26(14-16-28)32-39-41-42-40-32)21-23-5-9-25(10-6-23)29-3-1-2-4-31(29)51(48,49)43-17-19-50-20-18-43/h1-6,9-10,13-16,24,27,30,36H,7-8,11-12,17-22H2,(H,37,45)(H,38,44)(H,46,47)(H,39,40,41,42)/t24-,27-,30-/m0/s1. The molecule has 268 valence electrons. The summed E-state index contributed by atoms with van der Waals surface area (Å²) in [7, 11) is -3.75. The van der Waals surface area contributed by atoms with Crippen LogP contribution >= 0.6 is 0 Å². The second-order valence-electron chi connectivity index (χ2n) is 12.7. The Labute approximate surface area is 295 Å². The number of nitrogens with zero attached hydrogens (tertiary/aromatic N) is 4. The summed E-state index contributed by atoms with van der Waals surface area (Å²) >= 11 is 0. The lowest BCUT2D eigenvalue weighted by Gasteiger charge is -2.29. The Morgan fingerprint density at radius 1 is 0.922 bits per heavy atom. The first kappa shape index (κ1) is 35.6. The Balaban J connectivity index is 1.18. The summed E-state index contributed by atoms with van der Waals surface area (Å²) in [6, 6.07) is 20.2. The number of aromatic nitrogens is 4. The van der Waals surface area contributed by atoms with Crippen molar-refractivity contribution < 1.29 is 32.6 Å². The lowest BCUT2D eigenvalue weighted by atomic mass is 9.81. The Bertz CT molecular complexity index is 1910. The molecule has 3 amide bonds. The number of morpholine rings is 1. The topological polar surface area (TPSA) is 209 Å². The maximum absolute atomic E-state index is 13.7. The third-order valence-corrected chi connectivity index (χ3v) is 11.3. The van der Waals surface area contributed by atoms with Crippen molar-refractivity contribution in [3.63, 3.8) is 0 Å². The van der Waals surface area contributed by atoms with Gasteiger partial charge in [0.15, 0.2) is 0 Å². The summed E-state index contributed by atoms with van der Waals surface area (Å²) in [4.78, 5) is 38.4. The first-order chi connectivity index (χ1) is 24.7. The molecule has 1 aliphatic heterocycles. The summed E-state index contributed by atoms with van der Waals surface area (Å²) in [5, 5.41) is 31.2. The van der Waals surface area contributed by atoms with Gasteiger partial charge >= 0.3 is 6.09 Å². The highest BCUT2D eigenvalue weighted by Gasteiger charge is 2.31. The van der Waals surface area contributed by atoms with E-state index in [-0.39, 0.29) is 42.1 Å². The van der Waals surface area contributed by atoms with E-state index in [0.717, 1.165) is 5.56 Å². The molecule has 6 rings (SSSR count). The number of aromatic amines is 1. The molecule has 3 aromatic carbocycles. The van der Waals surface area contributed by atoms with E-state index < -0.39 is 28.1 Å². The average molecular weight is 717 g/mol. The van der Waals surface area contributed by atoms with Crippen molar-refractivity contribution >= 4 is 33.6 Å². The minimum absolute atomic E-state index is 0.159. The van der Waals surface area contributed by atoms with Crippen LogP contribution in [0.4, 0.5) is 10.5 Å². The van der Waals surface area contributed by atoms with Gasteiger partial charge in [-0.05, 0) is 78.3 Å². The fourth-order valence-corrected chi connectivity index (χ4v) is 8.11. The van der Waals surface area contributed by atoms with Crippen molar-refractivity contribution in [2.75, 3.05) is 38.2 Å². The molecule has 1 aliphatic carbocycles. The zero-order chi connectivity index (χ0) is 35.8. The molecule has 2 heterocycles. The molecule has 15 nitrogen and oxygen atoms in total. The summed E-state index contributed by atoms with van der Waals surface area (Å²) < 4.78 is 33.9. The van der Waals surface area contributed by atoms with Gasteiger partial charge in [0.1, 0.15) is 6.04 Å². The highest BCUT2D eigenvalue weighted by molar-refractivity contribution is 7.89. The Hall–Kier alpha value is -5.19. The van der Waals surface area contributed by atoms with E-state index in [1.807, 2.05) is 24.3 Å². The van der Waals surface area contributed by atoms with Gasteiger partial charge in [-0.15, -0.1) is 10.2 Å². The Kier molecular flexibility index (Phi) is 11.3. The van der Waals surface area contributed by atoms with E-state index in [1.165, 1.54) is 4.31 Å². The van der Waals surface area contributed by atoms with Crippen LogP contribution in [0.25, 0.3) is 22.5 Å². The second-order valence-corrected chi connectivity index (χ2v) is 14.6. The highest BCUT2D eigenvalue weighted by atomic mass is 32.2. The van der Waals surface area contributed by atoms with Crippen molar-refractivity contribution in [1.82, 2.24) is 35.6 Å². The molecule has 0 radical (unpaired) electrons. The van der Waals surface area contributed by atoms with E-state index in [4.69, 9.17) is 9.84 Å². The summed E-state index contributed by atoms with van der Waals surface area (Å²) in [5.74, 6) is -0.363. The number of tetrazole rings is 1. The number of carbonyl (C=O) groups is 3. The van der Waals surface area contributed by atoms with Crippen LogP contribution in [0.1, 0.15) is 31.2 Å². The van der Waals surface area contributed by atoms with Gasteiger partial charge in [0.2, 0.25) is 27.7 Å². The molecule has 51 heavy (non-hydrogen) atoms. The lowest BCUT2D eigenvalue weighted by Crippen LogP contribution is -2.48. The number of hydrogen-bond acceptors (Lipinski definition) is 9. The molecule has 1 saturated heterocycles. The number of ether oxygens (including phenoxy) is 1. The van der Waals surface area contributed by atoms with E-state index in [1.54, 1.807) is 48.5 Å². The fraction of sp³-hybridized carbons (Fsp3) is 0.371. The van der Waals surface area contributed by atoms with Gasteiger partial charge in [-0.25, -0.2) is 13.2 Å². The van der Waals surface area contributed by atoms with Crippen LogP contribution in [0.2, 0.25) is 0 Å². The molecule has 4 aromatic rings. The van der Waals surface area contributed by atoms with Crippen LogP contribution in [0, 0.1) is 11.8 Å². The quantitative estimate of drug-likeness (QED) is 0.145. The molecule has 1 saturated carbocycles. The molecule has 5 N–H and O–H groups in total. The number of amides is 3. The molecular formula is C35H40N8O7S. The predicted molar refractivity (Wildman–Crippen MR) is 187 cm³/mol. The number of sulfonamides is 1. The van der Waals surface area contributed by atoms with Gasteiger partial charge in [0, 0.05) is 48.8 Å². The van der Waals surface area contributed by atoms with Crippen molar-refractivity contribution in [2.45, 2.75) is 43.0 Å². The Morgan fingerprint density at radius 3 is 2.27 bits per heavy atom. The molecule has 0 spiro atoms. The molecule has 1 aromatic heterocycles. The minimum Gasteiger partial charge on any atom is -0.465 e. The third-order valence-electron chi connectivity index (χ3n) is 9.33. The zero-order valence-electron chi connectivity index (χ0n) is 27.8. The number of nitrogens with one attached hydrogen (secondary N) is 4. The number of hydrogen-bond donors (Lipinski definition) is 5. The van der Waals surface area contributed by atoms with Gasteiger partial charge in [-0.1, -0.05) is 42.5 Å². The van der Waals surface area contributed by atoms with Crippen LogP contribution in [0.15, 0.2) is 77.7 Å². The molecular weight excluding hydrogens is 677 g/mol. The van der Waals surface area contributed by atoms with E-state index >= 15 is 0 Å². The van der Waals surface area contributed by atoms with Crippen LogP contribution < -0.4 is 16.0 Å². The van der Waals surface area contributed by atoms with Crippen molar-refractivity contribution in [1.29, 1.82) is 0 Å². The van der Waals surface area contributed by atoms with Gasteiger partial charge in [0.05, 0.1) is 18.1 Å². The SMILES string of the molecule is O=C(O)NC[C@H]1CC[C@H](C(=O)N[C@@H](Cc2ccc(-c3ccccc3S(=O)(=O)N3CCOCC3)cc2)C(=O)Nc2ccc(-c3nn[nH]n3)cc2)CC1. The first-order valence-corrected chi connectivity index (χ1v) is 18.3. The molecule has 0 bridgehead atoms. The smallest absolute Gasteiger partial charge is 0.404 e. The van der Waals surface area contributed by atoms with Gasteiger partial charge in [-0.3, -0.25) is 9.59 Å². The number of H-pyrrole nitrogens is 1. The Morgan fingerprint density at radius 2 is 1.61 bits per heavy atom. The van der Waals surface area contributed by atoms with Crippen LogP contribution in [-0.2, 0) is 30.8 Å². The van der Waals surface area contributed by atoms with Crippen LogP contribution in [0.5, 0.6) is 0 Å². The molecule has 2 aliphatic rings. The van der Waals surface area contributed by atoms with Crippen LogP contribution in [-0.4, -0.2) is 95.3 Å². The monoisotopic (exact) mass is 716 g/mol. The number of benzene rings is 3. The predicted octanol–water partition coefficient (Wildman–Crippen LogP) is 3.29. The zero-order valence-corrected chi connectivity index (χ0v) is 28.6. The van der Waals surface area contributed by atoms with Crippen molar-refractivity contribution in [3.05, 3.63) is 78.4 Å². The summed E-state index contributed by atoms with van der Waals surface area (Å²) in [5.41, 5.74) is 3.26. The number of anilines is 1. The fourth-order valence-electron chi connectivity index (χ4n) is 6.49. The van der Waals surface area contributed by atoms with Crippen molar-refractivity contribution in [2.24, 2.45) is 11.8 Å². The third kappa shape index (κ3) is 8.95. The molecule has 1 atom stereocenters. The number of carbonyl (C=O) groups excluding carboxylic acids is 2. The maximum atomic E-state index is 13.7. The van der Waals surface area contributed by atoms with Gasteiger partial charge in [-0.2, -0.15) is 9.52 Å². The normalized spacial score (nSPS) is 18.7.